The number of benzene rings is 2. The van der Waals surface area contributed by atoms with E-state index in [2.05, 4.69) is 16.0 Å². The van der Waals surface area contributed by atoms with Crippen LogP contribution in [0.4, 0.5) is 5.69 Å². The molecule has 6 nitrogen and oxygen atoms in total. The van der Waals surface area contributed by atoms with Crippen molar-refractivity contribution in [1.82, 2.24) is 10.6 Å². The first-order valence-corrected chi connectivity index (χ1v) is 8.54. The second-order valence-corrected chi connectivity index (χ2v) is 5.95. The van der Waals surface area contributed by atoms with E-state index in [1.54, 1.807) is 36.4 Å². The van der Waals surface area contributed by atoms with Gasteiger partial charge in [0.05, 0.1) is 10.7 Å². The lowest BCUT2D eigenvalue weighted by Gasteiger charge is -2.09. The molecule has 0 spiro atoms. The Bertz CT molecular complexity index is 794. The molecule has 3 N–H and O–H groups in total. The molecule has 0 aromatic heterocycles. The monoisotopic (exact) mass is 373 g/mol. The number of anilines is 1. The molecule has 0 saturated heterocycles. The average Bonchev–Trinajstić information content (AvgIpc) is 2.66. The molecule has 0 fully saturated rings. The Balaban J connectivity index is 1.80. The van der Waals surface area contributed by atoms with Gasteiger partial charge in [0.15, 0.2) is 0 Å². The molecule has 0 heterocycles. The van der Waals surface area contributed by atoms with Crippen LogP contribution in [-0.4, -0.2) is 31.3 Å². The molecule has 26 heavy (non-hydrogen) atoms. The minimum Gasteiger partial charge on any atom is -0.355 e. The van der Waals surface area contributed by atoms with E-state index < -0.39 is 0 Å². The predicted molar refractivity (Wildman–Crippen MR) is 101 cm³/mol. The van der Waals surface area contributed by atoms with Gasteiger partial charge in [-0.05, 0) is 36.8 Å². The number of hydrogen-bond donors (Lipinski definition) is 3. The molecule has 2 aromatic rings. The summed E-state index contributed by atoms with van der Waals surface area (Å²) in [5, 5.41) is 8.31. The highest BCUT2D eigenvalue weighted by atomic mass is 35.5. The molecule has 2 rings (SSSR count). The Morgan fingerprint density at radius 3 is 2.38 bits per heavy atom. The number of halogens is 1. The Morgan fingerprint density at radius 1 is 0.962 bits per heavy atom. The SMILES string of the molecule is CNC(=O)c1ccc(Cl)c(NC(=O)CCCNC(=O)c2ccccc2)c1. The predicted octanol–water partition coefficient (Wildman–Crippen LogP) is 2.85. The van der Waals surface area contributed by atoms with Crippen molar-refractivity contribution in [1.29, 1.82) is 0 Å². The third kappa shape index (κ3) is 5.60. The Hall–Kier alpha value is -2.86. The molecular formula is C19H20ClN3O3. The quantitative estimate of drug-likeness (QED) is 0.652. The van der Waals surface area contributed by atoms with Crippen molar-refractivity contribution in [2.24, 2.45) is 0 Å². The zero-order valence-corrected chi connectivity index (χ0v) is 15.1. The summed E-state index contributed by atoms with van der Waals surface area (Å²) in [6, 6.07) is 13.5. The van der Waals surface area contributed by atoms with Crippen LogP contribution in [-0.2, 0) is 4.79 Å². The normalized spacial score (nSPS) is 10.1. The minimum absolute atomic E-state index is 0.174. The zero-order valence-electron chi connectivity index (χ0n) is 14.3. The Morgan fingerprint density at radius 2 is 1.69 bits per heavy atom. The number of hydrogen-bond acceptors (Lipinski definition) is 3. The molecule has 0 aliphatic rings. The van der Waals surface area contributed by atoms with Gasteiger partial charge < -0.3 is 16.0 Å². The van der Waals surface area contributed by atoms with Gasteiger partial charge in [-0.1, -0.05) is 29.8 Å². The van der Waals surface area contributed by atoms with Crippen LogP contribution in [0.15, 0.2) is 48.5 Å². The van der Waals surface area contributed by atoms with Crippen molar-refractivity contribution in [3.63, 3.8) is 0 Å². The highest BCUT2D eigenvalue weighted by Gasteiger charge is 2.10. The number of nitrogens with one attached hydrogen (secondary N) is 3. The van der Waals surface area contributed by atoms with Gasteiger partial charge in [-0.2, -0.15) is 0 Å². The van der Waals surface area contributed by atoms with E-state index in [0.29, 0.717) is 34.8 Å². The first-order valence-electron chi connectivity index (χ1n) is 8.16. The Kier molecular flexibility index (Phi) is 7.17. The third-order valence-corrected chi connectivity index (χ3v) is 3.96. The molecular weight excluding hydrogens is 354 g/mol. The van der Waals surface area contributed by atoms with E-state index in [9.17, 15) is 14.4 Å². The van der Waals surface area contributed by atoms with E-state index in [-0.39, 0.29) is 24.1 Å². The summed E-state index contributed by atoms with van der Waals surface area (Å²) in [7, 11) is 1.53. The minimum atomic E-state index is -0.263. The van der Waals surface area contributed by atoms with Gasteiger partial charge in [0.1, 0.15) is 0 Å². The van der Waals surface area contributed by atoms with Crippen molar-refractivity contribution < 1.29 is 14.4 Å². The van der Waals surface area contributed by atoms with Crippen LogP contribution in [0.25, 0.3) is 0 Å². The lowest BCUT2D eigenvalue weighted by molar-refractivity contribution is -0.116. The number of carbonyl (C=O) groups excluding carboxylic acids is 3. The fourth-order valence-corrected chi connectivity index (χ4v) is 2.43. The van der Waals surface area contributed by atoms with Gasteiger partial charge >= 0.3 is 0 Å². The van der Waals surface area contributed by atoms with Crippen LogP contribution in [0.2, 0.25) is 5.02 Å². The topological polar surface area (TPSA) is 87.3 Å². The van der Waals surface area contributed by atoms with Crippen molar-refractivity contribution in [2.45, 2.75) is 12.8 Å². The first kappa shape index (κ1) is 19.5. The maximum Gasteiger partial charge on any atom is 0.251 e. The summed E-state index contributed by atoms with van der Waals surface area (Å²) in [5.74, 6) is -0.678. The summed E-state index contributed by atoms with van der Waals surface area (Å²) >= 11 is 6.06. The lowest BCUT2D eigenvalue weighted by Crippen LogP contribution is -2.25. The molecule has 2 aromatic carbocycles. The summed E-state index contributed by atoms with van der Waals surface area (Å²) in [6.45, 7) is 0.382. The summed E-state index contributed by atoms with van der Waals surface area (Å²) in [6.07, 6.45) is 0.701. The van der Waals surface area contributed by atoms with Crippen molar-refractivity contribution >= 4 is 35.0 Å². The first-order chi connectivity index (χ1) is 12.5. The smallest absolute Gasteiger partial charge is 0.251 e. The van der Waals surface area contributed by atoms with Gasteiger partial charge in [0.2, 0.25) is 5.91 Å². The second kappa shape index (κ2) is 9.58. The molecule has 136 valence electrons. The molecule has 0 radical (unpaired) electrons. The molecule has 3 amide bonds. The van der Waals surface area contributed by atoms with Crippen molar-refractivity contribution in [2.75, 3.05) is 18.9 Å². The number of rotatable bonds is 7. The lowest BCUT2D eigenvalue weighted by atomic mass is 10.1. The highest BCUT2D eigenvalue weighted by molar-refractivity contribution is 6.33. The van der Waals surface area contributed by atoms with Gasteiger partial charge in [-0.3, -0.25) is 14.4 Å². The van der Waals surface area contributed by atoms with Crippen molar-refractivity contribution in [3.8, 4) is 0 Å². The zero-order chi connectivity index (χ0) is 18.9. The third-order valence-electron chi connectivity index (χ3n) is 3.63. The van der Waals surface area contributed by atoms with E-state index in [4.69, 9.17) is 11.6 Å². The average molecular weight is 374 g/mol. The van der Waals surface area contributed by atoms with E-state index in [1.165, 1.54) is 13.1 Å². The Labute approximate surface area is 156 Å². The van der Waals surface area contributed by atoms with Gasteiger partial charge in [0, 0.05) is 31.1 Å². The standard InChI is InChI=1S/C19H20ClN3O3/c1-21-18(25)14-9-10-15(20)16(12-14)23-17(24)8-5-11-22-19(26)13-6-3-2-4-7-13/h2-4,6-7,9-10,12H,5,8,11H2,1H3,(H,21,25)(H,22,26)(H,23,24). The summed E-state index contributed by atoms with van der Waals surface area (Å²) in [5.41, 5.74) is 1.36. The van der Waals surface area contributed by atoms with Gasteiger partial charge in [-0.25, -0.2) is 0 Å². The van der Waals surface area contributed by atoms with Crippen LogP contribution < -0.4 is 16.0 Å². The van der Waals surface area contributed by atoms with Crippen LogP contribution >= 0.6 is 11.6 Å². The van der Waals surface area contributed by atoms with E-state index in [0.717, 1.165) is 0 Å². The van der Waals surface area contributed by atoms with Crippen LogP contribution in [0.5, 0.6) is 0 Å². The number of carbonyl (C=O) groups is 3. The molecule has 0 aliphatic carbocycles. The summed E-state index contributed by atoms with van der Waals surface area (Å²) < 4.78 is 0. The van der Waals surface area contributed by atoms with Gasteiger partial charge in [-0.15, -0.1) is 0 Å². The second-order valence-electron chi connectivity index (χ2n) is 5.55. The fourth-order valence-electron chi connectivity index (χ4n) is 2.26. The van der Waals surface area contributed by atoms with Crippen LogP contribution in [0, 0.1) is 0 Å². The molecule has 0 unspecified atom stereocenters. The molecule has 0 atom stereocenters. The van der Waals surface area contributed by atoms with Crippen LogP contribution in [0.1, 0.15) is 33.6 Å². The largest absolute Gasteiger partial charge is 0.355 e. The molecule has 0 saturated carbocycles. The fraction of sp³-hybridized carbons (Fsp3) is 0.211. The summed E-state index contributed by atoms with van der Waals surface area (Å²) in [4.78, 5) is 35.6. The highest BCUT2D eigenvalue weighted by Crippen LogP contribution is 2.23. The molecule has 0 bridgehead atoms. The van der Waals surface area contributed by atoms with E-state index in [1.807, 2.05) is 6.07 Å². The van der Waals surface area contributed by atoms with E-state index >= 15 is 0 Å². The molecule has 7 heteroatoms. The van der Waals surface area contributed by atoms with Crippen LogP contribution in [0.3, 0.4) is 0 Å². The maximum atomic E-state index is 12.0. The van der Waals surface area contributed by atoms with Crippen molar-refractivity contribution in [3.05, 3.63) is 64.7 Å². The molecule has 0 aliphatic heterocycles. The van der Waals surface area contributed by atoms with Gasteiger partial charge in [0.25, 0.3) is 11.8 Å². The maximum absolute atomic E-state index is 12.0. The number of amides is 3.